The number of likely N-dealkylation sites (tertiary alicyclic amines) is 1. The number of hydrogen-bond acceptors (Lipinski definition) is 7. The molecule has 3 aliphatic rings. The minimum atomic E-state index is -0.705. The molecule has 3 aromatic rings. The molecule has 2 aromatic carbocycles. The van der Waals surface area contributed by atoms with Crippen LogP contribution in [0.1, 0.15) is 38.2 Å². The number of rotatable bonds is 4. The quantitative estimate of drug-likeness (QED) is 0.328. The van der Waals surface area contributed by atoms with Gasteiger partial charge in [0.25, 0.3) is 0 Å². The molecule has 1 aromatic heterocycles. The van der Waals surface area contributed by atoms with Crippen LogP contribution in [0.3, 0.4) is 0 Å². The number of alkyl halides is 1. The first-order valence-electron chi connectivity index (χ1n) is 13.6. The summed E-state index contributed by atoms with van der Waals surface area (Å²) < 4.78 is 28.4. The Labute approximate surface area is 232 Å². The zero-order valence-corrected chi connectivity index (χ0v) is 22.6. The fourth-order valence-corrected chi connectivity index (χ4v) is 6.23. The van der Waals surface area contributed by atoms with E-state index in [0.717, 1.165) is 23.7 Å². The minimum absolute atomic E-state index is 0.00400. The highest BCUT2D eigenvalue weighted by Gasteiger charge is 2.44. The van der Waals surface area contributed by atoms with E-state index in [1.165, 1.54) is 25.1 Å². The van der Waals surface area contributed by atoms with Crippen LogP contribution in [0.25, 0.3) is 22.0 Å². The molecule has 6 rings (SSSR count). The number of fused-ring (bicyclic) bond motifs is 2. The number of hydrogen-bond donors (Lipinski definition) is 3. The summed E-state index contributed by atoms with van der Waals surface area (Å²) in [6.07, 6.45) is 4.14. The van der Waals surface area contributed by atoms with E-state index in [-0.39, 0.29) is 28.2 Å². The maximum absolute atomic E-state index is 15.6. The van der Waals surface area contributed by atoms with Crippen molar-refractivity contribution in [1.29, 1.82) is 0 Å². The molecule has 3 aliphatic heterocycles. The van der Waals surface area contributed by atoms with Gasteiger partial charge in [-0.1, -0.05) is 24.3 Å². The molecule has 3 atom stereocenters. The molecule has 3 saturated heterocycles. The number of phenolic OH excluding ortho intramolecular Hbond substituents is 1. The van der Waals surface area contributed by atoms with Crippen molar-refractivity contribution >= 4 is 29.0 Å². The summed E-state index contributed by atoms with van der Waals surface area (Å²) in [7, 11) is 0. The maximum atomic E-state index is 15.6. The Hall–Kier alpha value is -3.47. The number of pyridine rings is 1. The second-order valence-electron chi connectivity index (χ2n) is 10.9. The van der Waals surface area contributed by atoms with Crippen molar-refractivity contribution in [2.45, 2.75) is 50.4 Å². The number of aromatic hydroxyl groups is 1. The number of β-amino-alcohol motifs (C(OH)–C–C–N with tert-alkyl or cyclic N) is 1. The lowest BCUT2D eigenvalue weighted by atomic mass is 9.97. The number of aliphatic imine (C=N–C) groups is 2. The van der Waals surface area contributed by atoms with Gasteiger partial charge >= 0.3 is 0 Å². The highest BCUT2D eigenvalue weighted by molar-refractivity contribution is 6.04. The van der Waals surface area contributed by atoms with Crippen molar-refractivity contribution in [3.8, 4) is 17.0 Å². The minimum Gasteiger partial charge on any atom is -0.508 e. The summed E-state index contributed by atoms with van der Waals surface area (Å²) in [6.45, 7) is 7.83. The number of phenols is 1. The second kappa shape index (κ2) is 11.6. The molecule has 3 fully saturated rings. The van der Waals surface area contributed by atoms with Crippen LogP contribution >= 0.6 is 0 Å². The molecule has 0 aliphatic carbocycles. The molecule has 8 nitrogen and oxygen atoms in total. The van der Waals surface area contributed by atoms with Gasteiger partial charge < -0.3 is 20.2 Å². The van der Waals surface area contributed by atoms with Gasteiger partial charge in [-0.2, -0.15) is 0 Å². The lowest BCUT2D eigenvalue weighted by Gasteiger charge is -2.25. The number of benzene rings is 2. The largest absolute Gasteiger partial charge is 0.508 e. The average molecular weight is 552 g/mol. The first kappa shape index (κ1) is 28.1. The second-order valence-corrected chi connectivity index (χ2v) is 10.9. The number of aliphatic hydroxyl groups is 2. The van der Waals surface area contributed by atoms with Crippen LogP contribution in [0.15, 0.2) is 52.6 Å². The zero-order valence-electron chi connectivity index (χ0n) is 22.6. The molecule has 212 valence electrons. The molecular formula is C30H35F2N5O3. The van der Waals surface area contributed by atoms with E-state index >= 15 is 4.39 Å². The molecule has 0 spiro atoms. The van der Waals surface area contributed by atoms with Crippen molar-refractivity contribution in [1.82, 2.24) is 14.8 Å². The van der Waals surface area contributed by atoms with Gasteiger partial charge in [0.05, 0.1) is 11.7 Å². The summed E-state index contributed by atoms with van der Waals surface area (Å²) in [4.78, 5) is 16.3. The van der Waals surface area contributed by atoms with Crippen molar-refractivity contribution in [2.24, 2.45) is 9.98 Å². The fourth-order valence-electron chi connectivity index (χ4n) is 6.23. The molecule has 0 radical (unpaired) electrons. The van der Waals surface area contributed by atoms with Crippen LogP contribution in [-0.4, -0.2) is 93.4 Å². The molecule has 4 heterocycles. The van der Waals surface area contributed by atoms with Crippen LogP contribution in [0.5, 0.6) is 5.75 Å². The highest BCUT2D eigenvalue weighted by atomic mass is 19.1. The molecule has 0 bridgehead atoms. The Morgan fingerprint density at radius 1 is 1.23 bits per heavy atom. The first-order valence-corrected chi connectivity index (χ1v) is 13.6. The van der Waals surface area contributed by atoms with E-state index in [4.69, 9.17) is 0 Å². The molecule has 0 amide bonds. The van der Waals surface area contributed by atoms with Crippen molar-refractivity contribution < 1.29 is 24.1 Å². The summed E-state index contributed by atoms with van der Waals surface area (Å²) in [5, 5.41) is 30.8. The predicted octanol–water partition coefficient (Wildman–Crippen LogP) is 4.42. The van der Waals surface area contributed by atoms with E-state index in [9.17, 15) is 19.7 Å². The van der Waals surface area contributed by atoms with Crippen LogP contribution < -0.4 is 0 Å². The lowest BCUT2D eigenvalue weighted by Crippen LogP contribution is -2.34. The number of amidine groups is 1. The number of halogens is 2. The summed E-state index contributed by atoms with van der Waals surface area (Å²) >= 11 is 0. The van der Waals surface area contributed by atoms with Gasteiger partial charge in [0.1, 0.15) is 35.9 Å². The van der Waals surface area contributed by atoms with Gasteiger partial charge in [0.2, 0.25) is 0 Å². The Kier molecular flexibility index (Phi) is 8.11. The van der Waals surface area contributed by atoms with Crippen molar-refractivity contribution in [3.63, 3.8) is 0 Å². The monoisotopic (exact) mass is 551 g/mol. The summed E-state index contributed by atoms with van der Waals surface area (Å²) in [6, 6.07) is 10.4. The Bertz CT molecular complexity index is 1430. The number of aliphatic hydroxyl groups excluding tert-OH is 2. The van der Waals surface area contributed by atoms with Gasteiger partial charge in [-0.15, -0.1) is 0 Å². The van der Waals surface area contributed by atoms with E-state index in [1.54, 1.807) is 11.0 Å². The SMILES string of the molecule is C=Nc1c(/C(=N\CO)N2CCC(O)C2)cnc(-c2cc(O)cc3ccccc23)c1F.C[C@@]12CCCN1CC(F)C2. The number of aromatic nitrogens is 1. The molecule has 0 saturated carbocycles. The predicted molar refractivity (Wildman–Crippen MR) is 153 cm³/mol. The van der Waals surface area contributed by atoms with Crippen LogP contribution in [0.2, 0.25) is 0 Å². The molecule has 3 N–H and O–H groups in total. The fraction of sp³-hybridized carbons (Fsp3) is 0.433. The first-order chi connectivity index (χ1) is 19.2. The summed E-state index contributed by atoms with van der Waals surface area (Å²) in [5.74, 6) is -0.408. The Morgan fingerprint density at radius 3 is 2.73 bits per heavy atom. The van der Waals surface area contributed by atoms with Crippen LogP contribution in [0, 0.1) is 5.82 Å². The average Bonchev–Trinajstić information content (AvgIpc) is 3.59. The van der Waals surface area contributed by atoms with E-state index < -0.39 is 24.8 Å². The zero-order chi connectivity index (χ0) is 28.4. The maximum Gasteiger partial charge on any atom is 0.175 e. The standard InChI is InChI=1S/C22H21FN4O3.C8H14FN/c1-24-20-18(22(26-12-28)27-7-6-14(29)11-27)10-25-21(19(20)23)17-9-15(30)8-13-4-2-3-5-16(13)17;1-8-3-2-4-10(8)6-7(9)5-8/h2-5,8-10,14,28-30H,1,6-7,11-12H2;7H,2-6H2,1H3/b26-22+;/t;7?,8-/m.0/s1. The third-order valence-corrected chi connectivity index (χ3v) is 8.16. The highest BCUT2D eigenvalue weighted by Crippen LogP contribution is 2.39. The van der Waals surface area contributed by atoms with Gasteiger partial charge in [0.15, 0.2) is 5.82 Å². The number of nitrogens with zero attached hydrogens (tertiary/aromatic N) is 5. The molecule has 2 unspecified atom stereocenters. The normalized spacial score (nSPS) is 24.7. The Morgan fingerprint density at radius 2 is 2.02 bits per heavy atom. The Balaban J connectivity index is 0.000000269. The molecule has 10 heteroatoms. The third-order valence-electron chi connectivity index (χ3n) is 8.16. The lowest BCUT2D eigenvalue weighted by molar-refractivity contribution is 0.188. The molecule has 40 heavy (non-hydrogen) atoms. The van der Waals surface area contributed by atoms with E-state index in [0.29, 0.717) is 37.5 Å². The van der Waals surface area contributed by atoms with Crippen molar-refractivity contribution in [3.05, 3.63) is 54.0 Å². The van der Waals surface area contributed by atoms with E-state index in [1.807, 2.05) is 24.3 Å². The van der Waals surface area contributed by atoms with E-state index in [2.05, 4.69) is 33.5 Å². The van der Waals surface area contributed by atoms with Crippen LogP contribution in [-0.2, 0) is 0 Å². The summed E-state index contributed by atoms with van der Waals surface area (Å²) in [5.41, 5.74) is 0.911. The topological polar surface area (TPSA) is 105 Å². The molecular weight excluding hydrogens is 516 g/mol. The van der Waals surface area contributed by atoms with Gasteiger partial charge in [-0.25, -0.2) is 13.8 Å². The van der Waals surface area contributed by atoms with Gasteiger partial charge in [-0.3, -0.25) is 14.9 Å². The smallest absolute Gasteiger partial charge is 0.175 e. The van der Waals surface area contributed by atoms with Crippen molar-refractivity contribution in [2.75, 3.05) is 32.9 Å². The van der Waals surface area contributed by atoms with Crippen LogP contribution in [0.4, 0.5) is 14.5 Å². The van der Waals surface area contributed by atoms with Gasteiger partial charge in [-0.05, 0) is 68.8 Å². The van der Waals surface area contributed by atoms with Gasteiger partial charge in [0, 0.05) is 36.9 Å². The third kappa shape index (κ3) is 5.43.